The molecule has 0 amide bonds. The van der Waals surface area contributed by atoms with Gasteiger partial charge < -0.3 is 20.2 Å². The van der Waals surface area contributed by atoms with E-state index in [1.165, 1.54) is 23.4 Å². The minimum absolute atomic E-state index is 0.0671. The fourth-order valence-corrected chi connectivity index (χ4v) is 4.22. The number of hydrogen-bond donors (Lipinski definition) is 3. The lowest BCUT2D eigenvalue weighted by molar-refractivity contribution is 0.0693. The zero-order valence-electron chi connectivity index (χ0n) is 15.2. The van der Waals surface area contributed by atoms with Gasteiger partial charge in [-0.3, -0.25) is 4.90 Å². The normalized spacial score (nSPS) is 23.8. The Bertz CT molecular complexity index is 838. The third-order valence-electron chi connectivity index (χ3n) is 5.45. The summed E-state index contributed by atoms with van der Waals surface area (Å²) in [4.78, 5) is 15.0. The van der Waals surface area contributed by atoms with Gasteiger partial charge in [-0.15, -0.1) is 0 Å². The highest BCUT2D eigenvalue weighted by atomic mass is 16.4. The number of likely N-dealkylation sites (N-methyl/N-ethyl adjacent to an activating group) is 2. The van der Waals surface area contributed by atoms with Crippen molar-refractivity contribution in [2.24, 2.45) is 0 Å². The predicted molar refractivity (Wildman–Crippen MR) is 100.0 cm³/mol. The van der Waals surface area contributed by atoms with Gasteiger partial charge in [0, 0.05) is 24.7 Å². The van der Waals surface area contributed by atoms with Gasteiger partial charge in [-0.2, -0.15) is 0 Å². The number of benzene rings is 2. The molecule has 0 radical (unpaired) electrons. The lowest BCUT2D eigenvalue weighted by atomic mass is 9.81. The molecule has 26 heavy (non-hydrogen) atoms. The number of carboxylic acid groups (broad SMARTS) is 1. The van der Waals surface area contributed by atoms with Crippen LogP contribution >= 0.6 is 0 Å². The van der Waals surface area contributed by atoms with Gasteiger partial charge in [-0.25, -0.2) is 4.79 Å². The molecule has 0 spiro atoms. The standard InChI is InChI=1S/C13H18N2O.C7H6O3/c1-13-6-7-14(2)12(13)15(3)11-5-4-9(16)8-10(11)13;8-6-4-2-1-3-5(6)7(9)10/h4-5,8,12,16H,6-7H2,1-3H3;1-4,8H,(H,9,10). The Balaban J connectivity index is 0.000000170. The summed E-state index contributed by atoms with van der Waals surface area (Å²) in [6.07, 6.45) is 1.60. The predicted octanol–water partition coefficient (Wildman–Crippen LogP) is 2.85. The maximum absolute atomic E-state index is 10.3. The third-order valence-corrected chi connectivity index (χ3v) is 5.45. The van der Waals surface area contributed by atoms with Gasteiger partial charge in [0.05, 0.1) is 6.17 Å². The van der Waals surface area contributed by atoms with Crippen molar-refractivity contribution in [2.75, 3.05) is 25.5 Å². The zero-order chi connectivity index (χ0) is 19.1. The number of fused-ring (bicyclic) bond motifs is 3. The molecule has 2 aromatic carbocycles. The van der Waals surface area contributed by atoms with Crippen LogP contribution in [0.2, 0.25) is 0 Å². The summed E-state index contributed by atoms with van der Waals surface area (Å²) in [7, 11) is 4.33. The van der Waals surface area contributed by atoms with Crippen LogP contribution in [0.25, 0.3) is 0 Å². The van der Waals surface area contributed by atoms with Crippen LogP contribution in [0.1, 0.15) is 29.3 Å². The molecule has 2 aliphatic heterocycles. The van der Waals surface area contributed by atoms with Crippen molar-refractivity contribution in [2.45, 2.75) is 24.9 Å². The number of aromatic carboxylic acids is 1. The molecule has 0 saturated carbocycles. The van der Waals surface area contributed by atoms with Crippen molar-refractivity contribution in [3.63, 3.8) is 0 Å². The molecule has 2 aromatic rings. The molecule has 4 rings (SSSR count). The van der Waals surface area contributed by atoms with Crippen LogP contribution in [0.3, 0.4) is 0 Å². The minimum Gasteiger partial charge on any atom is -0.508 e. The van der Waals surface area contributed by atoms with Crippen LogP contribution < -0.4 is 4.90 Å². The van der Waals surface area contributed by atoms with E-state index in [1.807, 2.05) is 12.1 Å². The molecule has 2 heterocycles. The van der Waals surface area contributed by atoms with Crippen molar-refractivity contribution in [1.29, 1.82) is 0 Å². The number of carboxylic acids is 1. The first kappa shape index (κ1) is 18.1. The van der Waals surface area contributed by atoms with E-state index >= 15 is 0 Å². The van der Waals surface area contributed by atoms with E-state index in [0.717, 1.165) is 13.0 Å². The minimum atomic E-state index is -1.11. The van der Waals surface area contributed by atoms with Crippen molar-refractivity contribution in [3.8, 4) is 11.5 Å². The Morgan fingerprint density at radius 3 is 2.46 bits per heavy atom. The molecule has 2 atom stereocenters. The van der Waals surface area contributed by atoms with Crippen molar-refractivity contribution in [1.82, 2.24) is 4.90 Å². The quantitative estimate of drug-likeness (QED) is 0.729. The SMILES string of the molecule is CN1CCC2(C)c3cc(O)ccc3N(C)C12.O=C(O)c1ccccc1O. The number of likely N-dealkylation sites (tertiary alicyclic amines) is 1. The van der Waals surface area contributed by atoms with E-state index in [-0.39, 0.29) is 16.7 Å². The fraction of sp³-hybridized carbons (Fsp3) is 0.350. The number of anilines is 1. The van der Waals surface area contributed by atoms with E-state index in [2.05, 4.69) is 30.8 Å². The number of hydrogen-bond acceptors (Lipinski definition) is 5. The summed E-state index contributed by atoms with van der Waals surface area (Å²) in [6.45, 7) is 3.43. The number of phenolic OH excluding ortho intramolecular Hbond substituents is 1. The van der Waals surface area contributed by atoms with Crippen LogP contribution in [0.15, 0.2) is 42.5 Å². The average molecular weight is 356 g/mol. The second-order valence-corrected chi connectivity index (χ2v) is 7.16. The first-order chi connectivity index (χ1) is 12.3. The number of aromatic hydroxyl groups is 2. The van der Waals surface area contributed by atoms with Gasteiger partial charge >= 0.3 is 5.97 Å². The van der Waals surface area contributed by atoms with Crippen LogP contribution in [0.4, 0.5) is 5.69 Å². The Morgan fingerprint density at radius 1 is 1.15 bits per heavy atom. The maximum Gasteiger partial charge on any atom is 0.339 e. The molecule has 0 aromatic heterocycles. The van der Waals surface area contributed by atoms with Crippen molar-refractivity contribution >= 4 is 11.7 Å². The second kappa shape index (κ2) is 6.53. The van der Waals surface area contributed by atoms with Crippen LogP contribution in [0, 0.1) is 0 Å². The van der Waals surface area contributed by atoms with Gasteiger partial charge in [0.15, 0.2) is 0 Å². The van der Waals surface area contributed by atoms with Gasteiger partial charge in [-0.1, -0.05) is 19.1 Å². The van der Waals surface area contributed by atoms with Crippen molar-refractivity contribution in [3.05, 3.63) is 53.6 Å². The van der Waals surface area contributed by atoms with Gasteiger partial charge in [0.1, 0.15) is 17.1 Å². The number of phenols is 2. The maximum atomic E-state index is 10.3. The van der Waals surface area contributed by atoms with Crippen LogP contribution in [-0.4, -0.2) is 53.0 Å². The van der Waals surface area contributed by atoms with E-state index in [4.69, 9.17) is 10.2 Å². The number of nitrogens with zero attached hydrogens (tertiary/aromatic N) is 2. The van der Waals surface area contributed by atoms with E-state index < -0.39 is 5.97 Å². The van der Waals surface area contributed by atoms with E-state index in [9.17, 15) is 9.90 Å². The first-order valence-electron chi connectivity index (χ1n) is 8.53. The number of rotatable bonds is 1. The average Bonchev–Trinajstić information content (AvgIpc) is 3.01. The van der Waals surface area contributed by atoms with E-state index in [0.29, 0.717) is 11.9 Å². The smallest absolute Gasteiger partial charge is 0.339 e. The summed E-state index contributed by atoms with van der Waals surface area (Å²) >= 11 is 0. The Labute approximate surface area is 152 Å². The molecule has 6 nitrogen and oxygen atoms in total. The summed E-state index contributed by atoms with van der Waals surface area (Å²) in [5.41, 5.74) is 2.65. The highest BCUT2D eigenvalue weighted by Gasteiger charge is 2.52. The Morgan fingerprint density at radius 2 is 1.85 bits per heavy atom. The Kier molecular flexibility index (Phi) is 4.54. The summed E-state index contributed by atoms with van der Waals surface area (Å²) in [6, 6.07) is 11.6. The van der Waals surface area contributed by atoms with Gasteiger partial charge in [0.2, 0.25) is 0 Å². The fourth-order valence-electron chi connectivity index (χ4n) is 4.22. The largest absolute Gasteiger partial charge is 0.508 e. The van der Waals surface area contributed by atoms with Gasteiger partial charge in [-0.05, 0) is 49.4 Å². The highest BCUT2D eigenvalue weighted by molar-refractivity contribution is 5.90. The lowest BCUT2D eigenvalue weighted by Crippen LogP contribution is -2.45. The summed E-state index contributed by atoms with van der Waals surface area (Å²) in [5.74, 6) is -0.934. The topological polar surface area (TPSA) is 84.2 Å². The summed E-state index contributed by atoms with van der Waals surface area (Å²) < 4.78 is 0. The molecule has 6 heteroatoms. The van der Waals surface area contributed by atoms with Crippen molar-refractivity contribution < 1.29 is 20.1 Å². The molecule has 2 aliphatic rings. The Hall–Kier alpha value is -2.73. The third kappa shape index (κ3) is 2.86. The zero-order valence-corrected chi connectivity index (χ0v) is 15.2. The molecule has 3 N–H and O–H groups in total. The van der Waals surface area contributed by atoms with E-state index in [1.54, 1.807) is 18.2 Å². The first-order valence-corrected chi connectivity index (χ1v) is 8.53. The number of para-hydroxylation sites is 1. The van der Waals surface area contributed by atoms with Crippen LogP contribution in [-0.2, 0) is 5.41 Å². The lowest BCUT2D eigenvalue weighted by Gasteiger charge is -2.32. The summed E-state index contributed by atoms with van der Waals surface area (Å²) in [5, 5.41) is 27.0. The molecular weight excluding hydrogens is 332 g/mol. The monoisotopic (exact) mass is 356 g/mol. The molecule has 0 bridgehead atoms. The molecule has 0 aliphatic carbocycles. The molecule has 1 fully saturated rings. The molecular formula is C20H24N2O4. The molecule has 1 saturated heterocycles. The molecule has 2 unspecified atom stereocenters. The van der Waals surface area contributed by atoms with Crippen LogP contribution in [0.5, 0.6) is 11.5 Å². The van der Waals surface area contributed by atoms with Gasteiger partial charge in [0.25, 0.3) is 0 Å². The second-order valence-electron chi connectivity index (χ2n) is 7.16. The number of carbonyl (C=O) groups is 1. The highest BCUT2D eigenvalue weighted by Crippen LogP contribution is 2.51. The molecule has 138 valence electrons.